The van der Waals surface area contributed by atoms with Gasteiger partial charge in [-0.05, 0) is 48.7 Å². The van der Waals surface area contributed by atoms with Crippen molar-refractivity contribution >= 4 is 26.9 Å². The van der Waals surface area contributed by atoms with Gasteiger partial charge in [-0.25, -0.2) is 8.42 Å². The van der Waals surface area contributed by atoms with Crippen molar-refractivity contribution in [2.45, 2.75) is 36.7 Å². The molecule has 1 atom stereocenters. The number of benzene rings is 1. The zero-order valence-corrected chi connectivity index (χ0v) is 20.5. The van der Waals surface area contributed by atoms with Crippen molar-refractivity contribution in [3.63, 3.8) is 0 Å². The van der Waals surface area contributed by atoms with E-state index in [0.717, 1.165) is 16.4 Å². The van der Waals surface area contributed by atoms with Gasteiger partial charge in [-0.2, -0.15) is 17.5 Å². The number of nitrogens with one attached hydrogen (secondary N) is 1. The molecule has 0 aliphatic carbocycles. The van der Waals surface area contributed by atoms with Crippen LogP contribution in [0.5, 0.6) is 5.75 Å². The van der Waals surface area contributed by atoms with E-state index in [1.165, 1.54) is 36.7 Å². The number of alkyl halides is 3. The van der Waals surface area contributed by atoms with Gasteiger partial charge in [0.05, 0.1) is 11.3 Å². The molecule has 38 heavy (non-hydrogen) atoms. The van der Waals surface area contributed by atoms with E-state index in [1.54, 1.807) is 6.07 Å². The maximum Gasteiger partial charge on any atom is 0.417 e. The highest BCUT2D eigenvalue weighted by Crippen LogP contribution is 2.33. The lowest BCUT2D eigenvalue weighted by Crippen LogP contribution is -2.45. The quantitative estimate of drug-likeness (QED) is 0.373. The molecule has 9 nitrogen and oxygen atoms in total. The lowest BCUT2D eigenvalue weighted by molar-refractivity contribution is -0.137. The minimum Gasteiger partial charge on any atom is -0.507 e. The van der Waals surface area contributed by atoms with E-state index in [4.69, 9.17) is 4.42 Å². The minimum absolute atomic E-state index is 0.00651. The number of sulfonamides is 1. The number of furan rings is 1. The van der Waals surface area contributed by atoms with Crippen molar-refractivity contribution in [3.05, 3.63) is 72.2 Å². The van der Waals surface area contributed by atoms with Crippen LogP contribution in [0.15, 0.2) is 70.6 Å². The summed E-state index contributed by atoms with van der Waals surface area (Å²) in [5.41, 5.74) is 0.293. The van der Waals surface area contributed by atoms with Crippen LogP contribution in [0.2, 0.25) is 0 Å². The van der Waals surface area contributed by atoms with Gasteiger partial charge in [0.15, 0.2) is 0 Å². The number of carbonyl (C=O) groups excluding carboxylic acids is 1. The number of aromatic nitrogens is 2. The number of fused-ring (bicyclic) bond motifs is 1. The Balaban J connectivity index is 1.30. The fourth-order valence-electron chi connectivity index (χ4n) is 4.32. The van der Waals surface area contributed by atoms with Crippen molar-refractivity contribution in [1.29, 1.82) is 0 Å². The number of nitrogens with zero attached hydrogens (tertiary/aromatic N) is 3. The van der Waals surface area contributed by atoms with Gasteiger partial charge < -0.3 is 14.8 Å². The Morgan fingerprint density at radius 3 is 2.68 bits per heavy atom. The van der Waals surface area contributed by atoms with Crippen LogP contribution < -0.4 is 5.32 Å². The molecule has 5 rings (SSSR count). The van der Waals surface area contributed by atoms with Crippen LogP contribution in [0.3, 0.4) is 0 Å². The molecule has 2 N–H and O–H groups in total. The van der Waals surface area contributed by atoms with Gasteiger partial charge in [0, 0.05) is 48.7 Å². The zero-order valence-electron chi connectivity index (χ0n) is 19.6. The monoisotopic (exact) mass is 546 g/mol. The third-order valence-corrected chi connectivity index (χ3v) is 8.02. The number of amides is 1. The van der Waals surface area contributed by atoms with Crippen molar-refractivity contribution in [2.24, 2.45) is 0 Å². The first kappa shape index (κ1) is 25.7. The summed E-state index contributed by atoms with van der Waals surface area (Å²) in [5, 5.41) is 13.2. The van der Waals surface area contributed by atoms with Gasteiger partial charge in [0.1, 0.15) is 17.4 Å². The normalized spacial score (nSPS) is 16.7. The molecule has 1 aliphatic heterocycles. The van der Waals surface area contributed by atoms with Crippen molar-refractivity contribution in [3.8, 4) is 17.0 Å². The Kier molecular flexibility index (Phi) is 6.57. The molecule has 0 radical (unpaired) electrons. The topological polar surface area (TPSA) is 126 Å². The Labute approximate surface area is 215 Å². The second kappa shape index (κ2) is 9.72. The van der Waals surface area contributed by atoms with Crippen LogP contribution in [0.25, 0.3) is 22.2 Å². The Hall–Kier alpha value is -3.97. The molecule has 198 valence electrons. The van der Waals surface area contributed by atoms with E-state index < -0.39 is 33.7 Å². The second-order valence-corrected chi connectivity index (χ2v) is 10.6. The summed E-state index contributed by atoms with van der Waals surface area (Å²) in [4.78, 5) is 20.8. The summed E-state index contributed by atoms with van der Waals surface area (Å²) in [6, 6.07) is 8.37. The van der Waals surface area contributed by atoms with Gasteiger partial charge in [-0.1, -0.05) is 6.07 Å². The predicted molar refractivity (Wildman–Crippen MR) is 129 cm³/mol. The molecule has 1 aliphatic rings. The van der Waals surface area contributed by atoms with Gasteiger partial charge in [-0.15, -0.1) is 0 Å². The number of hydrogen-bond acceptors (Lipinski definition) is 7. The second-order valence-electron chi connectivity index (χ2n) is 8.75. The van der Waals surface area contributed by atoms with E-state index in [2.05, 4.69) is 15.3 Å². The number of rotatable bonds is 6. The van der Waals surface area contributed by atoms with E-state index in [9.17, 15) is 31.5 Å². The molecule has 1 fully saturated rings. The van der Waals surface area contributed by atoms with Crippen LogP contribution in [0.4, 0.5) is 13.2 Å². The number of pyridine rings is 2. The first-order valence-electron chi connectivity index (χ1n) is 11.5. The Morgan fingerprint density at radius 2 is 1.97 bits per heavy atom. The maximum absolute atomic E-state index is 13.2. The molecular formula is C25H21F3N4O5S. The minimum atomic E-state index is -4.54. The molecule has 4 heterocycles. The third-order valence-electron chi connectivity index (χ3n) is 6.26. The van der Waals surface area contributed by atoms with Crippen LogP contribution in [0.1, 0.15) is 24.0 Å². The molecule has 13 heteroatoms. The van der Waals surface area contributed by atoms with Crippen molar-refractivity contribution in [1.82, 2.24) is 19.6 Å². The number of hydrogen-bond donors (Lipinski definition) is 2. The lowest BCUT2D eigenvalue weighted by Gasteiger charge is -2.22. The molecule has 4 aromatic rings. The molecule has 1 saturated heterocycles. The average molecular weight is 547 g/mol. The summed E-state index contributed by atoms with van der Waals surface area (Å²) in [7, 11) is -4.08. The smallest absolute Gasteiger partial charge is 0.417 e. The largest absolute Gasteiger partial charge is 0.507 e. The number of aromatic hydroxyl groups is 1. The summed E-state index contributed by atoms with van der Waals surface area (Å²) >= 11 is 0. The Bertz CT molecular complexity index is 1570. The summed E-state index contributed by atoms with van der Waals surface area (Å²) in [6.45, 7) is 0.145. The molecule has 0 unspecified atom stereocenters. The maximum atomic E-state index is 13.2. The van der Waals surface area contributed by atoms with E-state index >= 15 is 0 Å². The third kappa shape index (κ3) is 4.94. The van der Waals surface area contributed by atoms with Gasteiger partial charge in [0.25, 0.3) is 10.0 Å². The zero-order chi connectivity index (χ0) is 27.1. The molecule has 0 bridgehead atoms. The molecule has 3 aromatic heterocycles. The van der Waals surface area contributed by atoms with Crippen molar-refractivity contribution < 1.29 is 35.9 Å². The van der Waals surface area contributed by atoms with Crippen LogP contribution in [-0.2, 0) is 27.5 Å². The van der Waals surface area contributed by atoms with Crippen LogP contribution in [0, 0.1) is 0 Å². The fourth-order valence-corrected chi connectivity index (χ4v) is 5.93. The molecule has 0 spiro atoms. The van der Waals surface area contributed by atoms with Crippen LogP contribution >= 0.6 is 0 Å². The van der Waals surface area contributed by atoms with E-state index in [-0.39, 0.29) is 35.2 Å². The summed E-state index contributed by atoms with van der Waals surface area (Å²) in [5.74, 6) is -0.701. The fraction of sp³-hybridized carbons (Fsp3) is 0.240. The molecule has 1 amide bonds. The molecule has 1 aromatic carbocycles. The first-order chi connectivity index (χ1) is 18.0. The highest BCUT2D eigenvalue weighted by atomic mass is 32.2. The van der Waals surface area contributed by atoms with Gasteiger partial charge in [-0.3, -0.25) is 14.8 Å². The van der Waals surface area contributed by atoms with Gasteiger partial charge in [0.2, 0.25) is 11.0 Å². The molecular weight excluding hydrogens is 525 g/mol. The SMILES string of the molecule is O=C(NCc1ccc(O)c(-c2ccc(C(F)(F)F)cn2)c1)[C@@H]1CCCN1S(=O)(=O)c1cc2cnccc2o1. The number of carbonyl (C=O) groups is 1. The highest BCUT2D eigenvalue weighted by Gasteiger charge is 2.41. The van der Waals surface area contributed by atoms with Crippen molar-refractivity contribution in [2.75, 3.05) is 6.54 Å². The number of phenolic OH excluding ortho intramolecular Hbond substituents is 1. The number of phenols is 1. The highest BCUT2D eigenvalue weighted by molar-refractivity contribution is 7.89. The average Bonchev–Trinajstić information content (AvgIpc) is 3.56. The summed E-state index contributed by atoms with van der Waals surface area (Å²) in [6.07, 6.45) is -0.0835. The van der Waals surface area contributed by atoms with E-state index in [1.807, 2.05) is 0 Å². The summed E-state index contributed by atoms with van der Waals surface area (Å²) < 4.78 is 71.6. The van der Waals surface area contributed by atoms with E-state index in [0.29, 0.717) is 35.6 Å². The van der Waals surface area contributed by atoms with Gasteiger partial charge >= 0.3 is 6.18 Å². The number of halogens is 3. The molecule has 0 saturated carbocycles. The predicted octanol–water partition coefficient (Wildman–Crippen LogP) is 4.08. The Morgan fingerprint density at radius 1 is 1.16 bits per heavy atom. The first-order valence-corrected chi connectivity index (χ1v) is 13.0. The standard InChI is InChI=1S/C25H21F3N4O5S/c26-25(27,28)17-4-5-19(30-14-17)18-10-15(3-6-21(18)33)12-31-24(34)20-2-1-9-32(20)38(35,36)23-11-16-13-29-8-7-22(16)37-23/h3-8,10-11,13-14,20,33H,1-2,9,12H2,(H,31,34)/t20-/m0/s1. The lowest BCUT2D eigenvalue weighted by atomic mass is 10.1. The van der Waals surface area contributed by atoms with Crippen LogP contribution in [-0.4, -0.2) is 46.3 Å².